The highest BCUT2D eigenvalue weighted by Gasteiger charge is 2.36. The lowest BCUT2D eigenvalue weighted by atomic mass is 9.75. The van der Waals surface area contributed by atoms with Gasteiger partial charge in [0.05, 0.1) is 50.8 Å². The molecule has 0 saturated heterocycles. The number of nitrogens with one attached hydrogen (secondary N) is 1. The van der Waals surface area contributed by atoms with Crippen LogP contribution in [0.4, 0.5) is 8.78 Å². The van der Waals surface area contributed by atoms with Crippen molar-refractivity contribution in [1.82, 2.24) is 24.7 Å². The van der Waals surface area contributed by atoms with Gasteiger partial charge in [-0.2, -0.15) is 5.10 Å². The molecule has 2 aromatic carbocycles. The molecular weight excluding hydrogens is 685 g/mol. The van der Waals surface area contributed by atoms with Gasteiger partial charge in [0.25, 0.3) is 0 Å². The van der Waals surface area contributed by atoms with Gasteiger partial charge >= 0.3 is 0 Å². The first kappa shape index (κ1) is 36.0. The number of aliphatic hydroxyl groups is 2. The molecule has 4 bridgehead atoms. The molecule has 0 saturated carbocycles. The molecule has 4 heterocycles. The van der Waals surface area contributed by atoms with Gasteiger partial charge < -0.3 is 15.2 Å². The molecule has 0 spiro atoms. The lowest BCUT2D eigenvalue weighted by molar-refractivity contribution is 0.0955. The van der Waals surface area contributed by atoms with Gasteiger partial charge in [0.15, 0.2) is 33.1 Å². The molecule has 1 aliphatic rings. The summed E-state index contributed by atoms with van der Waals surface area (Å²) >= 11 is 0. The van der Waals surface area contributed by atoms with E-state index in [2.05, 4.69) is 9.97 Å². The highest BCUT2D eigenvalue weighted by Crippen LogP contribution is 2.40. The smallest absolute Gasteiger partial charge is 0.184 e. The minimum atomic E-state index is -3.71. The van der Waals surface area contributed by atoms with Gasteiger partial charge in [0, 0.05) is 36.1 Å². The van der Waals surface area contributed by atoms with Gasteiger partial charge in [-0.15, -0.1) is 0 Å². The summed E-state index contributed by atoms with van der Waals surface area (Å²) in [6.07, 6.45) is 3.78. The fourth-order valence-corrected chi connectivity index (χ4v) is 10.3. The number of aliphatic hydroxyl groups excluding tert-OH is 2. The largest absolute Gasteiger partial charge is 0.394 e. The summed E-state index contributed by atoms with van der Waals surface area (Å²) in [5.41, 5.74) is 0.678. The molecule has 0 fully saturated rings. The molecule has 266 valence electrons. The van der Waals surface area contributed by atoms with Crippen LogP contribution in [-0.4, -0.2) is 71.8 Å². The van der Waals surface area contributed by atoms with Crippen LogP contribution in [-0.2, 0) is 45.9 Å². The molecule has 0 radical (unpaired) electrons. The molecule has 1 aliphatic heterocycles. The average Bonchev–Trinajstić information content (AvgIpc) is 3.72. The summed E-state index contributed by atoms with van der Waals surface area (Å²) < 4.78 is 74.2. The first-order chi connectivity index (χ1) is 23.6. The van der Waals surface area contributed by atoms with Crippen molar-refractivity contribution in [2.45, 2.75) is 74.2 Å². The van der Waals surface area contributed by atoms with E-state index in [0.717, 1.165) is 11.1 Å². The quantitative estimate of drug-likeness (QED) is 0.230. The number of nitrogens with zero attached hydrogens (tertiary/aromatic N) is 4. The van der Waals surface area contributed by atoms with Crippen LogP contribution in [0.25, 0.3) is 22.4 Å². The Bertz CT molecular complexity index is 2200. The zero-order valence-electron chi connectivity index (χ0n) is 28.4. The number of hydrogen-bond acceptors (Lipinski definition) is 8. The van der Waals surface area contributed by atoms with Gasteiger partial charge in [-0.3, -0.25) is 4.98 Å². The maximum Gasteiger partial charge on any atom is 0.184 e. The Morgan fingerprint density at radius 3 is 2.64 bits per heavy atom. The van der Waals surface area contributed by atoms with Crippen LogP contribution in [0, 0.1) is 17.0 Å². The van der Waals surface area contributed by atoms with Gasteiger partial charge in [0.1, 0.15) is 5.69 Å². The lowest BCUT2D eigenvalue weighted by Crippen LogP contribution is -2.29. The van der Waals surface area contributed by atoms with Crippen LogP contribution in [0.2, 0.25) is 0 Å². The first-order valence-corrected chi connectivity index (χ1v) is 19.4. The van der Waals surface area contributed by atoms with Gasteiger partial charge in [0.2, 0.25) is 0 Å². The average molecular weight is 726 g/mol. The van der Waals surface area contributed by atoms with E-state index in [-0.39, 0.29) is 52.3 Å². The minimum Gasteiger partial charge on any atom is -0.394 e. The van der Waals surface area contributed by atoms with Gasteiger partial charge in [-0.1, -0.05) is 44.5 Å². The van der Waals surface area contributed by atoms with Crippen molar-refractivity contribution in [1.29, 1.82) is 0 Å². The third kappa shape index (κ3) is 7.03. The highest BCUT2D eigenvalue weighted by molar-refractivity contribution is 7.91. The maximum atomic E-state index is 15.9. The number of benzene rings is 2. The fraction of sp³-hybridized carbons (Fsp3) is 0.417. The summed E-state index contributed by atoms with van der Waals surface area (Å²) in [5, 5.41) is 24.7. The van der Waals surface area contributed by atoms with Crippen molar-refractivity contribution >= 4 is 31.5 Å². The summed E-state index contributed by atoms with van der Waals surface area (Å²) in [7, 11) is -4.25. The topological polar surface area (TPSA) is 151 Å². The van der Waals surface area contributed by atoms with E-state index in [1.807, 2.05) is 45.0 Å². The number of halogens is 2. The van der Waals surface area contributed by atoms with Crippen LogP contribution in [0.15, 0.2) is 64.6 Å². The Morgan fingerprint density at radius 2 is 1.88 bits per heavy atom. The summed E-state index contributed by atoms with van der Waals surface area (Å²) in [5.74, 6) is -2.12. The van der Waals surface area contributed by atoms with Crippen molar-refractivity contribution in [3.05, 3.63) is 89.0 Å². The van der Waals surface area contributed by atoms with Crippen molar-refractivity contribution in [3.8, 4) is 11.5 Å². The Hall–Kier alpha value is -3.85. The van der Waals surface area contributed by atoms with Crippen LogP contribution in [0.1, 0.15) is 62.5 Å². The SMILES string of the molecule is Cn1nc2nc1-c1cc(ccn1)S(=O)c1c(F)c(F)c3[nH]ccc3c1CCS(=O)(=O)CC(C)(C)CCC[C@]2(C)c1cccc(C[C@@H](O)CO)c1. The Kier molecular flexibility index (Phi) is 9.85. The molecule has 3 atom stereocenters. The number of rotatable bonds is 4. The first-order valence-electron chi connectivity index (χ1n) is 16.5. The van der Waals surface area contributed by atoms with Gasteiger partial charge in [-0.25, -0.2) is 31.1 Å². The minimum absolute atomic E-state index is 0.113. The number of pyridine rings is 1. The highest BCUT2D eigenvalue weighted by atomic mass is 32.2. The number of aryl methyl sites for hydroxylation is 2. The second-order valence-corrected chi connectivity index (χ2v) is 17.8. The van der Waals surface area contributed by atoms with Crippen molar-refractivity contribution in [2.24, 2.45) is 12.5 Å². The van der Waals surface area contributed by atoms with E-state index in [0.29, 0.717) is 36.6 Å². The normalized spacial score (nSPS) is 21.6. The van der Waals surface area contributed by atoms with Crippen LogP contribution in [0.3, 0.4) is 0 Å². The number of sulfone groups is 1. The van der Waals surface area contributed by atoms with E-state index in [4.69, 9.17) is 10.1 Å². The molecular formula is C36H41F2N5O5S2. The number of fused-ring (bicyclic) bond motifs is 8. The predicted octanol–water partition coefficient (Wildman–Crippen LogP) is 5.17. The van der Waals surface area contributed by atoms with Crippen LogP contribution >= 0.6 is 0 Å². The summed E-state index contributed by atoms with van der Waals surface area (Å²) in [4.78, 5) is 11.8. The zero-order chi connectivity index (χ0) is 36.0. The lowest BCUT2D eigenvalue weighted by Gasteiger charge is -2.31. The van der Waals surface area contributed by atoms with Crippen molar-refractivity contribution in [3.63, 3.8) is 0 Å². The summed E-state index contributed by atoms with van der Waals surface area (Å²) in [6, 6.07) is 12.2. The maximum absolute atomic E-state index is 15.9. The van der Waals surface area contributed by atoms with E-state index in [1.165, 1.54) is 30.6 Å². The molecule has 10 nitrogen and oxygen atoms in total. The van der Waals surface area contributed by atoms with E-state index < -0.39 is 54.1 Å². The fourth-order valence-electron chi connectivity index (χ4n) is 7.00. The van der Waals surface area contributed by atoms with Crippen LogP contribution < -0.4 is 0 Å². The standard InChI is InChI=1S/C36H41F2N5O5S2/c1-35(2)12-6-13-36(3,23-8-5-7-22(17-23)18-24(45)20-44)34-41-33(43(4)42-34)28-19-25(9-14-39-28)49(46)32-27(11-16-50(47,48)21-35)26-10-15-40-31(26)29(37)30(32)38/h5,7-10,14-15,17,19,24,40,44-45H,6,11-13,16,18,20-21H2,1-4H3/t24-,36-,49?/m1/s1. The Labute approximate surface area is 292 Å². The molecule has 1 unspecified atom stereocenters. The van der Waals surface area contributed by atoms with Crippen LogP contribution in [0.5, 0.6) is 0 Å². The number of aromatic amines is 1. The second kappa shape index (κ2) is 13.7. The van der Waals surface area contributed by atoms with E-state index in [9.17, 15) is 22.8 Å². The van der Waals surface area contributed by atoms with Crippen molar-refractivity contribution in [2.75, 3.05) is 18.1 Å². The molecule has 50 heavy (non-hydrogen) atoms. The molecule has 0 aliphatic carbocycles. The molecule has 3 aromatic heterocycles. The molecule has 0 amide bonds. The molecule has 5 aromatic rings. The monoisotopic (exact) mass is 725 g/mol. The van der Waals surface area contributed by atoms with E-state index >= 15 is 8.78 Å². The second-order valence-electron chi connectivity index (χ2n) is 14.2. The predicted molar refractivity (Wildman–Crippen MR) is 187 cm³/mol. The van der Waals surface area contributed by atoms with E-state index in [1.54, 1.807) is 11.7 Å². The Balaban J connectivity index is 1.52. The summed E-state index contributed by atoms with van der Waals surface area (Å²) in [6.45, 7) is 5.44. The Morgan fingerprint density at radius 1 is 1.10 bits per heavy atom. The number of aromatic nitrogens is 5. The molecule has 6 rings (SSSR count). The third-order valence-electron chi connectivity index (χ3n) is 9.62. The van der Waals surface area contributed by atoms with Gasteiger partial charge in [-0.05, 0) is 66.5 Å². The third-order valence-corrected chi connectivity index (χ3v) is 13.2. The molecule has 14 heteroatoms. The number of H-pyrrole nitrogens is 1. The number of hydrogen-bond donors (Lipinski definition) is 3. The molecule has 3 N–H and O–H groups in total. The zero-order valence-corrected chi connectivity index (χ0v) is 30.0. The van der Waals surface area contributed by atoms with Crippen molar-refractivity contribution < 1.29 is 31.6 Å².